The van der Waals surface area contributed by atoms with E-state index in [0.29, 0.717) is 5.92 Å². The molecule has 2 heterocycles. The van der Waals surface area contributed by atoms with Crippen LogP contribution in [0.5, 0.6) is 0 Å². The molecule has 4 heteroatoms. The smallest absolute Gasteiger partial charge is 0.137 e. The van der Waals surface area contributed by atoms with Gasteiger partial charge in [-0.15, -0.1) is 0 Å². The van der Waals surface area contributed by atoms with Crippen LogP contribution in [-0.4, -0.2) is 39.2 Å². The molecule has 1 saturated heterocycles. The molecule has 0 radical (unpaired) electrons. The summed E-state index contributed by atoms with van der Waals surface area (Å²) < 4.78 is 1.94. The van der Waals surface area contributed by atoms with Crippen molar-refractivity contribution < 1.29 is 5.11 Å². The van der Waals surface area contributed by atoms with Gasteiger partial charge in [0.05, 0.1) is 0 Å². The summed E-state index contributed by atoms with van der Waals surface area (Å²) in [4.78, 5) is 6.92. The average Bonchev–Trinajstić information content (AvgIpc) is 2.97. The Balaban J connectivity index is 1.53. The molecule has 0 amide bonds. The second-order valence-electron chi connectivity index (χ2n) is 7.59. The Morgan fingerprint density at radius 2 is 2.04 bits per heavy atom. The van der Waals surface area contributed by atoms with Gasteiger partial charge in [-0.3, -0.25) is 0 Å². The maximum Gasteiger partial charge on any atom is 0.137 e. The Morgan fingerprint density at radius 3 is 2.65 bits per heavy atom. The lowest BCUT2D eigenvalue weighted by atomic mass is 9.79. The maximum absolute atomic E-state index is 10.6. The number of aromatic nitrogens is 2. The lowest BCUT2D eigenvalue weighted by Crippen LogP contribution is -2.40. The van der Waals surface area contributed by atoms with E-state index in [9.17, 15) is 5.11 Å². The molecule has 1 aromatic heterocycles. The van der Waals surface area contributed by atoms with Gasteiger partial charge in [0.25, 0.3) is 0 Å². The SMILES string of the molecule is CC1=CCC[C@H](C)[C@@H]1CN1CCC([C@H](O)c2nccn2C)CC1. The second-order valence-corrected chi connectivity index (χ2v) is 7.59. The standard InChI is InChI=1S/C19H31N3O/c1-14-5-4-6-15(2)17(14)13-22-10-7-16(8-11-22)18(23)19-20-9-12-21(19)3/h5,9,12,15-18,23H,4,6-8,10-11,13H2,1-3H3/t15-,17+,18-/m0/s1. The molecule has 0 saturated carbocycles. The van der Waals surface area contributed by atoms with E-state index in [1.54, 1.807) is 11.8 Å². The average molecular weight is 317 g/mol. The van der Waals surface area contributed by atoms with Crippen LogP contribution < -0.4 is 0 Å². The topological polar surface area (TPSA) is 41.3 Å². The molecule has 4 nitrogen and oxygen atoms in total. The summed E-state index contributed by atoms with van der Waals surface area (Å²) in [5, 5.41) is 10.6. The van der Waals surface area contributed by atoms with Crippen LogP contribution >= 0.6 is 0 Å². The number of imidazole rings is 1. The third kappa shape index (κ3) is 3.69. The molecule has 128 valence electrons. The van der Waals surface area contributed by atoms with Gasteiger partial charge in [-0.05, 0) is 63.5 Å². The van der Waals surface area contributed by atoms with Crippen molar-refractivity contribution in [3.05, 3.63) is 29.9 Å². The van der Waals surface area contributed by atoms with E-state index in [-0.39, 0.29) is 0 Å². The summed E-state index contributed by atoms with van der Waals surface area (Å²) in [6.45, 7) is 8.09. The number of allylic oxidation sites excluding steroid dienone is 1. The molecule has 0 spiro atoms. The first kappa shape index (κ1) is 16.7. The highest BCUT2D eigenvalue weighted by Crippen LogP contribution is 2.34. The Bertz CT molecular complexity index is 543. The van der Waals surface area contributed by atoms with Gasteiger partial charge in [0.1, 0.15) is 11.9 Å². The van der Waals surface area contributed by atoms with Crippen molar-refractivity contribution in [2.24, 2.45) is 24.8 Å². The number of hydrogen-bond donors (Lipinski definition) is 1. The molecule has 1 aromatic rings. The predicted molar refractivity (Wildman–Crippen MR) is 93.0 cm³/mol. The maximum atomic E-state index is 10.6. The molecule has 0 bridgehead atoms. The van der Waals surface area contributed by atoms with Crippen LogP contribution in [0, 0.1) is 17.8 Å². The number of piperidine rings is 1. The molecule has 0 aromatic carbocycles. The number of aryl methyl sites for hydroxylation is 1. The highest BCUT2D eigenvalue weighted by molar-refractivity contribution is 5.09. The molecule has 1 N–H and O–H groups in total. The van der Waals surface area contributed by atoms with Crippen LogP contribution in [-0.2, 0) is 7.05 Å². The molecule has 0 unspecified atom stereocenters. The van der Waals surface area contributed by atoms with Crippen molar-refractivity contribution in [2.45, 2.75) is 45.6 Å². The largest absolute Gasteiger partial charge is 0.385 e. The van der Waals surface area contributed by atoms with Crippen LogP contribution in [0.1, 0.15) is 51.5 Å². The number of hydrogen-bond acceptors (Lipinski definition) is 3. The second kappa shape index (κ2) is 7.18. The third-order valence-electron chi connectivity index (χ3n) is 6.02. The molecule has 23 heavy (non-hydrogen) atoms. The Morgan fingerprint density at radius 1 is 1.30 bits per heavy atom. The number of aliphatic hydroxyl groups is 1. The molecular weight excluding hydrogens is 286 g/mol. The zero-order valence-electron chi connectivity index (χ0n) is 14.8. The minimum absolute atomic E-state index is 0.341. The van der Waals surface area contributed by atoms with Crippen molar-refractivity contribution in [2.75, 3.05) is 19.6 Å². The quantitative estimate of drug-likeness (QED) is 0.867. The van der Waals surface area contributed by atoms with Crippen molar-refractivity contribution >= 4 is 0 Å². The monoisotopic (exact) mass is 317 g/mol. The van der Waals surface area contributed by atoms with Gasteiger partial charge < -0.3 is 14.6 Å². The molecule has 1 fully saturated rings. The fraction of sp³-hybridized carbons (Fsp3) is 0.737. The Hall–Kier alpha value is -1.13. The van der Waals surface area contributed by atoms with Crippen LogP contribution in [0.25, 0.3) is 0 Å². The van der Waals surface area contributed by atoms with E-state index in [1.807, 2.05) is 17.8 Å². The van der Waals surface area contributed by atoms with E-state index >= 15 is 0 Å². The zero-order chi connectivity index (χ0) is 16.4. The van der Waals surface area contributed by atoms with Gasteiger partial charge in [-0.25, -0.2) is 4.98 Å². The summed E-state index contributed by atoms with van der Waals surface area (Å²) in [6.07, 6.45) is 10.4. The van der Waals surface area contributed by atoms with Gasteiger partial charge in [-0.1, -0.05) is 18.6 Å². The minimum atomic E-state index is -0.424. The molecule has 3 rings (SSSR count). The zero-order valence-corrected chi connectivity index (χ0v) is 14.8. The number of nitrogens with zero attached hydrogens (tertiary/aromatic N) is 3. The van der Waals surface area contributed by atoms with Crippen molar-refractivity contribution in [3.63, 3.8) is 0 Å². The van der Waals surface area contributed by atoms with Crippen molar-refractivity contribution in [3.8, 4) is 0 Å². The Kier molecular flexibility index (Phi) is 5.22. The van der Waals surface area contributed by atoms with Gasteiger partial charge >= 0.3 is 0 Å². The predicted octanol–water partition coefficient (Wildman–Crippen LogP) is 3.16. The first-order chi connectivity index (χ1) is 11.1. The normalized spacial score (nSPS) is 28.6. The summed E-state index contributed by atoms with van der Waals surface area (Å²) >= 11 is 0. The summed E-state index contributed by atoms with van der Waals surface area (Å²) in [7, 11) is 1.96. The number of rotatable bonds is 4. The molecule has 1 aliphatic carbocycles. The molecule has 3 atom stereocenters. The Labute approximate surface area is 140 Å². The van der Waals surface area contributed by atoms with Crippen LogP contribution in [0.4, 0.5) is 0 Å². The van der Waals surface area contributed by atoms with Crippen LogP contribution in [0.15, 0.2) is 24.0 Å². The van der Waals surface area contributed by atoms with E-state index in [4.69, 9.17) is 0 Å². The lowest BCUT2D eigenvalue weighted by Gasteiger charge is -2.38. The lowest BCUT2D eigenvalue weighted by molar-refractivity contribution is 0.0457. The fourth-order valence-corrected chi connectivity index (χ4v) is 4.30. The number of likely N-dealkylation sites (tertiary alicyclic amines) is 1. The van der Waals surface area contributed by atoms with Gasteiger partial charge in [-0.2, -0.15) is 0 Å². The first-order valence-electron chi connectivity index (χ1n) is 9.10. The van der Waals surface area contributed by atoms with E-state index in [1.165, 1.54) is 19.4 Å². The van der Waals surface area contributed by atoms with Gasteiger partial charge in [0.2, 0.25) is 0 Å². The van der Waals surface area contributed by atoms with Crippen molar-refractivity contribution in [1.29, 1.82) is 0 Å². The third-order valence-corrected chi connectivity index (χ3v) is 6.02. The highest BCUT2D eigenvalue weighted by Gasteiger charge is 2.30. The molecule has 1 aliphatic heterocycles. The van der Waals surface area contributed by atoms with Gasteiger partial charge in [0.15, 0.2) is 0 Å². The molecule has 2 aliphatic rings. The van der Waals surface area contributed by atoms with Crippen LogP contribution in [0.3, 0.4) is 0 Å². The minimum Gasteiger partial charge on any atom is -0.385 e. The van der Waals surface area contributed by atoms with Crippen molar-refractivity contribution in [1.82, 2.24) is 14.5 Å². The molecular formula is C19H31N3O. The first-order valence-corrected chi connectivity index (χ1v) is 9.10. The summed E-state index contributed by atoms with van der Waals surface area (Å²) in [5.41, 5.74) is 1.58. The fourth-order valence-electron chi connectivity index (χ4n) is 4.30. The van der Waals surface area contributed by atoms with E-state index in [2.05, 4.69) is 29.8 Å². The van der Waals surface area contributed by atoms with Crippen LogP contribution in [0.2, 0.25) is 0 Å². The van der Waals surface area contributed by atoms with E-state index in [0.717, 1.165) is 43.6 Å². The summed E-state index contributed by atoms with van der Waals surface area (Å²) in [5.74, 6) is 2.67. The van der Waals surface area contributed by atoms with Gasteiger partial charge in [0, 0.05) is 26.0 Å². The van der Waals surface area contributed by atoms with E-state index < -0.39 is 6.10 Å². The highest BCUT2D eigenvalue weighted by atomic mass is 16.3. The summed E-state index contributed by atoms with van der Waals surface area (Å²) in [6, 6.07) is 0. The number of aliphatic hydroxyl groups excluding tert-OH is 1.